The average molecular weight is 262 g/mol. The van der Waals surface area contributed by atoms with Crippen molar-refractivity contribution in [2.45, 2.75) is 0 Å². The number of rotatable bonds is 2. The lowest BCUT2D eigenvalue weighted by Crippen LogP contribution is -1.98. The predicted octanol–water partition coefficient (Wildman–Crippen LogP) is 1.15. The molecule has 5 heteroatoms. The molecule has 1 heterocycles. The van der Waals surface area contributed by atoms with Crippen LogP contribution in [0.3, 0.4) is 0 Å². The fourth-order valence-corrected chi connectivity index (χ4v) is 0.811. The Hall–Kier alpha value is -0.720. The van der Waals surface area contributed by atoms with Gasteiger partial charge in [0.05, 0.1) is 6.34 Å². The van der Waals surface area contributed by atoms with Crippen LogP contribution in [0.4, 0.5) is 5.82 Å². The highest BCUT2D eigenvalue weighted by Crippen LogP contribution is 2.02. The van der Waals surface area contributed by atoms with Crippen LogP contribution in [0, 0.1) is 3.70 Å². The van der Waals surface area contributed by atoms with Crippen molar-refractivity contribution in [3.05, 3.63) is 15.8 Å². The van der Waals surface area contributed by atoms with E-state index in [9.17, 15) is 0 Å². The Bertz CT molecular complexity index is 243. The molecule has 0 unspecified atom stereocenters. The van der Waals surface area contributed by atoms with Gasteiger partial charge in [-0.05, 0) is 34.7 Å². The highest BCUT2D eigenvalue weighted by Gasteiger charge is 1.90. The largest absolute Gasteiger partial charge is 0.330 e. The number of halogens is 1. The van der Waals surface area contributed by atoms with E-state index >= 15 is 0 Å². The number of aromatic nitrogens is 2. The van der Waals surface area contributed by atoms with Crippen molar-refractivity contribution >= 4 is 34.7 Å². The maximum absolute atomic E-state index is 3.86. The van der Waals surface area contributed by atoms with Crippen LogP contribution < -0.4 is 5.32 Å². The Morgan fingerprint density at radius 2 is 2.36 bits per heavy atom. The van der Waals surface area contributed by atoms with Crippen LogP contribution in [0.5, 0.6) is 0 Å². The van der Waals surface area contributed by atoms with Gasteiger partial charge >= 0.3 is 0 Å². The van der Waals surface area contributed by atoms with E-state index in [0.717, 1.165) is 3.70 Å². The fourth-order valence-electron chi connectivity index (χ4n) is 0.524. The zero-order valence-corrected chi connectivity index (χ0v) is 8.11. The van der Waals surface area contributed by atoms with E-state index in [4.69, 9.17) is 0 Å². The molecule has 0 spiro atoms. The fraction of sp³-hybridized carbons (Fsp3) is 0.167. The van der Waals surface area contributed by atoms with Crippen molar-refractivity contribution in [3.8, 4) is 0 Å². The van der Waals surface area contributed by atoms with Crippen molar-refractivity contribution in [2.75, 3.05) is 12.4 Å². The van der Waals surface area contributed by atoms with Crippen LogP contribution >= 0.6 is 22.6 Å². The summed E-state index contributed by atoms with van der Waals surface area (Å²) in [5.74, 6) is 0.705. The number of nitrogens with zero attached hydrogens (tertiary/aromatic N) is 3. The van der Waals surface area contributed by atoms with Crippen LogP contribution in [0.15, 0.2) is 17.1 Å². The maximum atomic E-state index is 3.86. The van der Waals surface area contributed by atoms with E-state index < -0.39 is 0 Å². The van der Waals surface area contributed by atoms with Gasteiger partial charge in [0, 0.05) is 7.05 Å². The van der Waals surface area contributed by atoms with Gasteiger partial charge in [-0.15, -0.1) is 10.2 Å². The van der Waals surface area contributed by atoms with Crippen LogP contribution in [-0.2, 0) is 0 Å². The van der Waals surface area contributed by atoms with Gasteiger partial charge in [-0.25, -0.2) is 0 Å². The maximum Gasteiger partial charge on any atom is 0.153 e. The lowest BCUT2D eigenvalue weighted by atomic mass is 10.5. The van der Waals surface area contributed by atoms with Gasteiger partial charge in [-0.2, -0.15) is 0 Å². The quantitative estimate of drug-likeness (QED) is 0.494. The molecule has 11 heavy (non-hydrogen) atoms. The number of aliphatic imine (C=N–C) groups is 1. The summed E-state index contributed by atoms with van der Waals surface area (Å²) in [6.07, 6.45) is 1.57. The zero-order valence-electron chi connectivity index (χ0n) is 5.95. The molecule has 0 bridgehead atoms. The first-order chi connectivity index (χ1) is 5.33. The minimum atomic E-state index is 0.705. The Balaban J connectivity index is 2.66. The Kier molecular flexibility index (Phi) is 3.21. The predicted molar refractivity (Wildman–Crippen MR) is 52.8 cm³/mol. The molecule has 4 nitrogen and oxygen atoms in total. The van der Waals surface area contributed by atoms with Gasteiger partial charge in [0.2, 0.25) is 0 Å². The number of hydrogen-bond donors (Lipinski definition) is 1. The molecule has 1 aromatic rings. The molecule has 0 radical (unpaired) electrons. The van der Waals surface area contributed by atoms with Gasteiger partial charge in [-0.3, -0.25) is 4.99 Å². The standard InChI is InChI=1S/C6H7IN4/c1-8-4-9-6-3-2-5(7)10-11-6/h2-4H,1H3,(H,8,9,11). The number of anilines is 1. The number of nitrogens with one attached hydrogen (secondary N) is 1. The summed E-state index contributed by atoms with van der Waals surface area (Å²) in [4.78, 5) is 3.75. The van der Waals surface area contributed by atoms with Crippen molar-refractivity contribution in [3.63, 3.8) is 0 Å². The van der Waals surface area contributed by atoms with Crippen molar-refractivity contribution in [1.29, 1.82) is 0 Å². The van der Waals surface area contributed by atoms with E-state index in [1.807, 2.05) is 12.1 Å². The van der Waals surface area contributed by atoms with Crippen LogP contribution in [-0.4, -0.2) is 23.6 Å². The molecular weight excluding hydrogens is 255 g/mol. The van der Waals surface area contributed by atoms with Crippen LogP contribution in [0.25, 0.3) is 0 Å². The summed E-state index contributed by atoms with van der Waals surface area (Å²) in [5.41, 5.74) is 0. The summed E-state index contributed by atoms with van der Waals surface area (Å²) in [5, 5.41) is 10.6. The molecule has 1 rings (SSSR count). The monoisotopic (exact) mass is 262 g/mol. The summed E-state index contributed by atoms with van der Waals surface area (Å²) < 4.78 is 0.876. The lowest BCUT2D eigenvalue weighted by molar-refractivity contribution is 1.01. The highest BCUT2D eigenvalue weighted by molar-refractivity contribution is 14.1. The smallest absolute Gasteiger partial charge is 0.153 e. The molecule has 58 valence electrons. The molecule has 0 aliphatic rings. The van der Waals surface area contributed by atoms with Crippen molar-refractivity contribution < 1.29 is 0 Å². The molecule has 0 aliphatic heterocycles. The third-order valence-electron chi connectivity index (χ3n) is 0.974. The van der Waals surface area contributed by atoms with Gasteiger partial charge in [-0.1, -0.05) is 0 Å². The minimum absolute atomic E-state index is 0.705. The molecule has 1 aromatic heterocycles. The SMILES string of the molecule is CN=CNc1ccc(I)nn1. The third kappa shape index (κ3) is 2.79. The summed E-state index contributed by atoms with van der Waals surface area (Å²) in [6, 6.07) is 3.72. The van der Waals surface area contributed by atoms with E-state index in [0.29, 0.717) is 5.82 Å². The first-order valence-electron chi connectivity index (χ1n) is 2.99. The van der Waals surface area contributed by atoms with Gasteiger partial charge in [0.15, 0.2) is 5.82 Å². The number of hydrogen-bond acceptors (Lipinski definition) is 3. The molecule has 0 saturated carbocycles. The molecule has 0 aliphatic carbocycles. The van der Waals surface area contributed by atoms with Crippen LogP contribution in [0.1, 0.15) is 0 Å². The molecular formula is C6H7IN4. The van der Waals surface area contributed by atoms with E-state index in [1.54, 1.807) is 13.4 Å². The Labute approximate surface area is 78.3 Å². The molecule has 0 aromatic carbocycles. The van der Waals surface area contributed by atoms with Gasteiger partial charge in [0.1, 0.15) is 3.70 Å². The zero-order chi connectivity index (χ0) is 8.10. The Morgan fingerprint density at radius 3 is 2.91 bits per heavy atom. The minimum Gasteiger partial charge on any atom is -0.330 e. The topological polar surface area (TPSA) is 50.2 Å². The van der Waals surface area contributed by atoms with Crippen LogP contribution in [0.2, 0.25) is 0 Å². The molecule has 0 saturated heterocycles. The normalized spacial score (nSPS) is 10.4. The lowest BCUT2D eigenvalue weighted by Gasteiger charge is -1.95. The van der Waals surface area contributed by atoms with E-state index in [2.05, 4.69) is 43.1 Å². The van der Waals surface area contributed by atoms with E-state index in [-0.39, 0.29) is 0 Å². The third-order valence-corrected chi connectivity index (χ3v) is 1.55. The first-order valence-corrected chi connectivity index (χ1v) is 4.07. The van der Waals surface area contributed by atoms with Gasteiger partial charge in [0.25, 0.3) is 0 Å². The molecule has 0 amide bonds. The highest BCUT2D eigenvalue weighted by atomic mass is 127. The van der Waals surface area contributed by atoms with Crippen molar-refractivity contribution in [1.82, 2.24) is 10.2 Å². The average Bonchev–Trinajstić information content (AvgIpc) is 2.04. The second kappa shape index (κ2) is 4.22. The molecule has 0 atom stereocenters. The summed E-state index contributed by atoms with van der Waals surface area (Å²) in [7, 11) is 1.69. The Morgan fingerprint density at radius 1 is 1.55 bits per heavy atom. The van der Waals surface area contributed by atoms with E-state index in [1.165, 1.54) is 0 Å². The second-order valence-corrected chi connectivity index (χ2v) is 2.88. The molecule has 0 fully saturated rings. The van der Waals surface area contributed by atoms with Crippen molar-refractivity contribution in [2.24, 2.45) is 4.99 Å². The first kappa shape index (κ1) is 8.38. The van der Waals surface area contributed by atoms with Gasteiger partial charge < -0.3 is 5.32 Å². The second-order valence-electron chi connectivity index (χ2n) is 1.77. The summed E-state index contributed by atoms with van der Waals surface area (Å²) >= 11 is 2.10. The molecule has 1 N–H and O–H groups in total. The summed E-state index contributed by atoms with van der Waals surface area (Å²) in [6.45, 7) is 0.